The number of aromatic amines is 2. The van der Waals surface area contributed by atoms with Crippen molar-refractivity contribution in [2.24, 2.45) is 0 Å². The Labute approximate surface area is 200 Å². The Morgan fingerprint density at radius 1 is 0.941 bits per heavy atom. The Bertz CT molecular complexity index is 1540. The van der Waals surface area contributed by atoms with Crippen LogP contribution in [0, 0.1) is 0 Å². The average Bonchev–Trinajstić information content (AvgIpc) is 3.28. The lowest BCUT2D eigenvalue weighted by Crippen LogP contribution is -2.51. The molecule has 4 aromatic rings. The van der Waals surface area contributed by atoms with E-state index in [0.717, 1.165) is 5.56 Å². The molecule has 0 saturated carbocycles. The number of benzene rings is 1. The van der Waals surface area contributed by atoms with Gasteiger partial charge in [-0.1, -0.05) is 11.6 Å². The van der Waals surface area contributed by atoms with Gasteiger partial charge in [0.2, 0.25) is 0 Å². The average molecular weight is 498 g/mol. The maximum atomic E-state index is 13.1. The summed E-state index contributed by atoms with van der Waals surface area (Å²) in [5.41, 5.74) is 1.56. The maximum Gasteiger partial charge on any atom is 0.261 e. The van der Waals surface area contributed by atoms with Crippen LogP contribution < -0.4 is 5.56 Å². The largest absolute Gasteiger partial charge is 0.345 e. The van der Waals surface area contributed by atoms with Crippen LogP contribution in [0.25, 0.3) is 22.2 Å². The number of pyridine rings is 2. The third-order valence-corrected chi connectivity index (χ3v) is 7.89. The molecule has 11 heteroatoms. The number of rotatable bonds is 4. The molecule has 34 heavy (non-hydrogen) atoms. The minimum Gasteiger partial charge on any atom is -0.345 e. The summed E-state index contributed by atoms with van der Waals surface area (Å²) < 4.78 is 27.6. The Morgan fingerprint density at radius 2 is 1.68 bits per heavy atom. The number of carbonyl (C=O) groups is 1. The summed E-state index contributed by atoms with van der Waals surface area (Å²) in [6.07, 6.45) is 3.23. The Kier molecular flexibility index (Phi) is 5.72. The van der Waals surface area contributed by atoms with Crippen molar-refractivity contribution in [1.82, 2.24) is 24.2 Å². The first-order valence-electron chi connectivity index (χ1n) is 10.5. The first kappa shape index (κ1) is 22.3. The Morgan fingerprint density at radius 3 is 2.38 bits per heavy atom. The fourth-order valence-corrected chi connectivity index (χ4v) is 5.62. The van der Waals surface area contributed by atoms with Crippen LogP contribution in [-0.4, -0.2) is 64.7 Å². The van der Waals surface area contributed by atoms with E-state index in [1.165, 1.54) is 15.3 Å². The molecule has 1 amide bonds. The maximum absolute atomic E-state index is 13.1. The number of sulfonamides is 1. The van der Waals surface area contributed by atoms with Crippen LogP contribution in [0.3, 0.4) is 0 Å². The summed E-state index contributed by atoms with van der Waals surface area (Å²) in [5.74, 6) is -0.431. The fraction of sp³-hybridized carbons (Fsp3) is 0.174. The smallest absolute Gasteiger partial charge is 0.261 e. The highest BCUT2D eigenvalue weighted by Gasteiger charge is 2.32. The number of nitrogens with zero attached hydrogens (tertiary/aromatic N) is 3. The van der Waals surface area contributed by atoms with Gasteiger partial charge >= 0.3 is 0 Å². The predicted molar refractivity (Wildman–Crippen MR) is 128 cm³/mol. The van der Waals surface area contributed by atoms with Crippen LogP contribution in [0.2, 0.25) is 5.02 Å². The van der Waals surface area contributed by atoms with Gasteiger partial charge in [0.05, 0.1) is 0 Å². The molecule has 0 aliphatic carbocycles. The van der Waals surface area contributed by atoms with Gasteiger partial charge in [0.15, 0.2) is 0 Å². The highest BCUT2D eigenvalue weighted by molar-refractivity contribution is 7.89. The molecular formula is C23H20ClN5O4S. The second-order valence-corrected chi connectivity index (χ2v) is 10.3. The van der Waals surface area contributed by atoms with Crippen LogP contribution >= 0.6 is 11.6 Å². The molecule has 0 bridgehead atoms. The lowest BCUT2D eigenvalue weighted by Gasteiger charge is -2.33. The van der Waals surface area contributed by atoms with E-state index in [-0.39, 0.29) is 36.8 Å². The molecule has 3 aromatic heterocycles. The number of hydrogen-bond donors (Lipinski definition) is 2. The van der Waals surface area contributed by atoms with E-state index in [4.69, 9.17) is 11.6 Å². The van der Waals surface area contributed by atoms with Gasteiger partial charge in [-0.15, -0.1) is 0 Å². The molecule has 0 spiro atoms. The molecule has 0 atom stereocenters. The van der Waals surface area contributed by atoms with Crippen LogP contribution in [-0.2, 0) is 10.0 Å². The van der Waals surface area contributed by atoms with Crippen molar-refractivity contribution >= 4 is 38.4 Å². The van der Waals surface area contributed by atoms with Crippen molar-refractivity contribution in [2.45, 2.75) is 5.03 Å². The van der Waals surface area contributed by atoms with E-state index in [1.54, 1.807) is 54.9 Å². The Balaban J connectivity index is 1.30. The summed E-state index contributed by atoms with van der Waals surface area (Å²) in [5, 5.41) is 1.30. The molecule has 5 rings (SSSR count). The summed E-state index contributed by atoms with van der Waals surface area (Å²) >= 11 is 6.00. The lowest BCUT2D eigenvalue weighted by molar-refractivity contribution is 0.0696. The van der Waals surface area contributed by atoms with Gasteiger partial charge in [-0.25, -0.2) is 8.42 Å². The molecule has 1 aliphatic rings. The summed E-state index contributed by atoms with van der Waals surface area (Å²) in [7, 11) is -3.77. The molecule has 1 saturated heterocycles. The van der Waals surface area contributed by atoms with Gasteiger partial charge in [0.1, 0.15) is 10.6 Å². The summed E-state index contributed by atoms with van der Waals surface area (Å²) in [6, 6.07) is 13.3. The van der Waals surface area contributed by atoms with E-state index in [9.17, 15) is 18.0 Å². The number of nitrogens with one attached hydrogen (secondary N) is 2. The van der Waals surface area contributed by atoms with Crippen LogP contribution in [0.15, 0.2) is 70.7 Å². The van der Waals surface area contributed by atoms with Gasteiger partial charge in [0, 0.05) is 65.8 Å². The third-order valence-electron chi connectivity index (χ3n) is 5.83. The highest BCUT2D eigenvalue weighted by Crippen LogP contribution is 2.25. The minimum atomic E-state index is -3.77. The number of carbonyl (C=O) groups excluding carboxylic acids is 1. The topological polar surface area (TPSA) is 119 Å². The number of piperazine rings is 1. The fourth-order valence-electron chi connectivity index (χ4n) is 4.00. The van der Waals surface area contributed by atoms with Crippen molar-refractivity contribution in [2.75, 3.05) is 26.2 Å². The van der Waals surface area contributed by atoms with E-state index in [0.29, 0.717) is 21.6 Å². The van der Waals surface area contributed by atoms with E-state index >= 15 is 0 Å². The quantitative estimate of drug-likeness (QED) is 0.449. The molecule has 1 aromatic carbocycles. The number of aromatic nitrogens is 3. The highest BCUT2D eigenvalue weighted by atomic mass is 35.5. The van der Waals surface area contributed by atoms with Crippen molar-refractivity contribution in [3.8, 4) is 11.3 Å². The van der Waals surface area contributed by atoms with Crippen molar-refractivity contribution in [3.63, 3.8) is 0 Å². The molecule has 0 radical (unpaired) electrons. The van der Waals surface area contributed by atoms with E-state index in [1.807, 2.05) is 0 Å². The zero-order valence-corrected chi connectivity index (χ0v) is 19.4. The van der Waals surface area contributed by atoms with Crippen molar-refractivity contribution < 1.29 is 13.2 Å². The molecule has 1 aliphatic heterocycles. The second kappa shape index (κ2) is 8.71. The minimum absolute atomic E-state index is 0.0154. The Hall–Kier alpha value is -3.47. The zero-order valence-electron chi connectivity index (χ0n) is 17.9. The van der Waals surface area contributed by atoms with Crippen LogP contribution in [0.4, 0.5) is 0 Å². The van der Waals surface area contributed by atoms with Gasteiger partial charge in [0.25, 0.3) is 21.5 Å². The molecule has 2 N–H and O–H groups in total. The van der Waals surface area contributed by atoms with Gasteiger partial charge in [-0.2, -0.15) is 4.31 Å². The lowest BCUT2D eigenvalue weighted by atomic mass is 10.1. The van der Waals surface area contributed by atoms with Crippen molar-refractivity contribution in [1.29, 1.82) is 0 Å². The SMILES string of the molecule is O=C(c1ccc(-c2ccncc2)[nH]c1=O)N1CCN(S(=O)(=O)c2cc3cc(Cl)ccc3[nH]2)CC1. The van der Waals surface area contributed by atoms with E-state index in [2.05, 4.69) is 15.0 Å². The monoisotopic (exact) mass is 497 g/mol. The van der Waals surface area contributed by atoms with Crippen LogP contribution in [0.5, 0.6) is 0 Å². The molecule has 0 unspecified atom stereocenters. The zero-order chi connectivity index (χ0) is 23.9. The second-order valence-electron chi connectivity index (χ2n) is 7.91. The normalized spacial score (nSPS) is 15.0. The molecule has 4 heterocycles. The number of H-pyrrole nitrogens is 2. The van der Waals surface area contributed by atoms with Gasteiger partial charge in [-0.05, 0) is 48.5 Å². The molecule has 1 fully saturated rings. The summed E-state index contributed by atoms with van der Waals surface area (Å²) in [6.45, 7) is 0.597. The standard InChI is InChI=1S/C23H20ClN5O4S/c24-17-1-3-20-16(13-17)14-21(26-20)34(32,33)29-11-9-28(10-12-29)23(31)18-2-4-19(27-22(18)30)15-5-7-25-8-6-15/h1-8,13-14,26H,9-12H2,(H,27,30). The van der Waals surface area contributed by atoms with E-state index < -0.39 is 21.5 Å². The summed E-state index contributed by atoms with van der Waals surface area (Å²) in [4.78, 5) is 36.6. The number of hydrogen-bond acceptors (Lipinski definition) is 5. The van der Waals surface area contributed by atoms with Gasteiger partial charge in [-0.3, -0.25) is 14.6 Å². The van der Waals surface area contributed by atoms with Crippen molar-refractivity contribution in [3.05, 3.63) is 81.9 Å². The first-order chi connectivity index (χ1) is 16.3. The predicted octanol–water partition coefficient (Wildman–Crippen LogP) is 2.72. The van der Waals surface area contributed by atoms with Crippen LogP contribution in [0.1, 0.15) is 10.4 Å². The molecule has 174 valence electrons. The molecule has 9 nitrogen and oxygen atoms in total. The number of amides is 1. The number of halogens is 1. The number of fused-ring (bicyclic) bond motifs is 1. The molecular weight excluding hydrogens is 478 g/mol. The third kappa shape index (κ3) is 4.11. The van der Waals surface area contributed by atoms with Gasteiger partial charge < -0.3 is 14.9 Å². The first-order valence-corrected chi connectivity index (χ1v) is 12.4.